The van der Waals surface area contributed by atoms with Crippen LogP contribution in [0.4, 0.5) is 0 Å². The van der Waals surface area contributed by atoms with E-state index in [9.17, 15) is 4.79 Å². The number of hydrogen-bond acceptors (Lipinski definition) is 4. The first-order valence-electron chi connectivity index (χ1n) is 5.70. The minimum Gasteiger partial charge on any atom is -0.350 e. The molecule has 2 aromatic heterocycles. The lowest BCUT2D eigenvalue weighted by molar-refractivity contribution is 0.0950. The van der Waals surface area contributed by atoms with Crippen molar-refractivity contribution in [3.8, 4) is 9.88 Å². The molecule has 2 aromatic rings. The lowest BCUT2D eigenvalue weighted by Crippen LogP contribution is -2.24. The maximum Gasteiger partial charge on any atom is 0.270 e. The molecular formula is C13H14N2OS2. The summed E-state index contributed by atoms with van der Waals surface area (Å²) in [6, 6.07) is 4.00. The number of carbonyl (C=O) groups excluding carboxylic acids is 1. The van der Waals surface area contributed by atoms with Crippen LogP contribution in [-0.4, -0.2) is 17.4 Å². The average Bonchev–Trinajstić information content (AvgIpc) is 3.03. The van der Waals surface area contributed by atoms with Crippen LogP contribution in [0.1, 0.15) is 23.8 Å². The highest BCUT2D eigenvalue weighted by molar-refractivity contribution is 7.20. The van der Waals surface area contributed by atoms with Crippen LogP contribution < -0.4 is 5.32 Å². The monoisotopic (exact) mass is 278 g/mol. The molecule has 0 saturated heterocycles. The molecule has 0 fully saturated rings. The van der Waals surface area contributed by atoms with E-state index in [4.69, 9.17) is 0 Å². The van der Waals surface area contributed by atoms with Gasteiger partial charge in [-0.2, -0.15) is 0 Å². The largest absolute Gasteiger partial charge is 0.350 e. The Morgan fingerprint density at radius 3 is 3.11 bits per heavy atom. The third-order valence-electron chi connectivity index (χ3n) is 2.30. The number of rotatable bonds is 5. The summed E-state index contributed by atoms with van der Waals surface area (Å²) >= 11 is 3.14. The predicted octanol–water partition coefficient (Wildman–Crippen LogP) is 3.57. The van der Waals surface area contributed by atoms with Crippen molar-refractivity contribution in [1.29, 1.82) is 0 Å². The van der Waals surface area contributed by atoms with Crippen molar-refractivity contribution < 1.29 is 4.79 Å². The Morgan fingerprint density at radius 2 is 2.39 bits per heavy atom. The molecule has 2 rings (SSSR count). The van der Waals surface area contributed by atoms with Gasteiger partial charge in [0.2, 0.25) is 0 Å². The first-order chi connectivity index (χ1) is 8.81. The molecule has 0 unspecified atom stereocenters. The Balaban J connectivity index is 1.95. The van der Waals surface area contributed by atoms with E-state index in [-0.39, 0.29) is 5.91 Å². The lowest BCUT2D eigenvalue weighted by Gasteiger charge is -1.99. The zero-order chi connectivity index (χ0) is 12.8. The zero-order valence-corrected chi connectivity index (χ0v) is 11.7. The summed E-state index contributed by atoms with van der Waals surface area (Å²) in [4.78, 5) is 17.3. The smallest absolute Gasteiger partial charge is 0.270 e. The van der Waals surface area contributed by atoms with Gasteiger partial charge in [-0.1, -0.05) is 18.2 Å². The van der Waals surface area contributed by atoms with Crippen molar-refractivity contribution in [2.24, 2.45) is 0 Å². The van der Waals surface area contributed by atoms with Gasteiger partial charge in [-0.15, -0.1) is 22.7 Å². The highest BCUT2D eigenvalue weighted by Gasteiger charge is 2.11. The van der Waals surface area contributed by atoms with Gasteiger partial charge in [-0.25, -0.2) is 4.98 Å². The van der Waals surface area contributed by atoms with Crippen LogP contribution in [-0.2, 0) is 0 Å². The first-order valence-corrected chi connectivity index (χ1v) is 7.46. The van der Waals surface area contributed by atoms with Crippen LogP contribution in [0.2, 0.25) is 0 Å². The summed E-state index contributed by atoms with van der Waals surface area (Å²) < 4.78 is 0. The second-order valence-corrected chi connectivity index (χ2v) is 5.43. The summed E-state index contributed by atoms with van der Waals surface area (Å²) in [6.07, 6.45) is 4.85. The molecular weight excluding hydrogens is 264 g/mol. The van der Waals surface area contributed by atoms with E-state index in [1.807, 2.05) is 36.6 Å². The van der Waals surface area contributed by atoms with E-state index in [1.165, 1.54) is 11.3 Å². The van der Waals surface area contributed by atoms with Gasteiger partial charge in [0.05, 0.1) is 4.88 Å². The highest BCUT2D eigenvalue weighted by atomic mass is 32.1. The Bertz CT molecular complexity index is 529. The molecule has 18 heavy (non-hydrogen) atoms. The number of carbonyl (C=O) groups is 1. The zero-order valence-electron chi connectivity index (χ0n) is 10.1. The van der Waals surface area contributed by atoms with Gasteiger partial charge in [0.1, 0.15) is 10.7 Å². The summed E-state index contributed by atoms with van der Waals surface area (Å²) in [5.74, 6) is -0.0986. The van der Waals surface area contributed by atoms with Crippen LogP contribution in [0.3, 0.4) is 0 Å². The number of thiophene rings is 1. The average molecular weight is 278 g/mol. The summed E-state index contributed by atoms with van der Waals surface area (Å²) in [5, 5.41) is 7.57. The van der Waals surface area contributed by atoms with Gasteiger partial charge in [0.15, 0.2) is 0 Å². The minimum atomic E-state index is -0.0986. The molecule has 0 bridgehead atoms. The Labute approximate surface area is 114 Å². The predicted molar refractivity (Wildman–Crippen MR) is 77.2 cm³/mol. The van der Waals surface area contributed by atoms with Gasteiger partial charge in [0, 0.05) is 11.9 Å². The van der Waals surface area contributed by atoms with Crippen LogP contribution in [0.15, 0.2) is 35.0 Å². The minimum absolute atomic E-state index is 0.0986. The fourth-order valence-corrected chi connectivity index (χ4v) is 3.03. The number of hydrogen-bond donors (Lipinski definition) is 1. The molecule has 1 N–H and O–H groups in total. The van der Waals surface area contributed by atoms with Crippen molar-refractivity contribution in [1.82, 2.24) is 10.3 Å². The second-order valence-electron chi connectivity index (χ2n) is 3.63. The normalized spacial score (nSPS) is 10.9. The molecule has 94 valence electrons. The van der Waals surface area contributed by atoms with Crippen LogP contribution >= 0.6 is 22.7 Å². The fourth-order valence-electron chi connectivity index (χ4n) is 1.42. The van der Waals surface area contributed by atoms with Gasteiger partial charge in [-0.3, -0.25) is 4.79 Å². The molecule has 0 aliphatic heterocycles. The first kappa shape index (κ1) is 13.0. The molecule has 5 heteroatoms. The van der Waals surface area contributed by atoms with Gasteiger partial charge >= 0.3 is 0 Å². The van der Waals surface area contributed by atoms with E-state index in [2.05, 4.69) is 10.3 Å². The number of thiazole rings is 1. The van der Waals surface area contributed by atoms with Crippen molar-refractivity contribution >= 4 is 28.6 Å². The molecule has 2 heterocycles. The van der Waals surface area contributed by atoms with Gasteiger partial charge < -0.3 is 5.32 Å². The third kappa shape index (κ3) is 3.27. The van der Waals surface area contributed by atoms with Gasteiger partial charge in [-0.05, 0) is 24.8 Å². The summed E-state index contributed by atoms with van der Waals surface area (Å²) in [5.41, 5.74) is 0.504. The number of allylic oxidation sites excluding steroid dienone is 1. The van der Waals surface area contributed by atoms with Crippen LogP contribution in [0.25, 0.3) is 9.88 Å². The van der Waals surface area contributed by atoms with E-state index < -0.39 is 0 Å². The Hall–Kier alpha value is -1.46. The molecule has 0 saturated carbocycles. The molecule has 0 aromatic carbocycles. The van der Waals surface area contributed by atoms with E-state index in [0.717, 1.165) is 16.3 Å². The maximum absolute atomic E-state index is 11.8. The second kappa shape index (κ2) is 6.47. The molecule has 0 spiro atoms. The lowest BCUT2D eigenvalue weighted by atomic mass is 10.3. The molecule has 0 radical (unpaired) electrons. The number of nitrogens with zero attached hydrogens (tertiary/aromatic N) is 1. The van der Waals surface area contributed by atoms with Gasteiger partial charge in [0.25, 0.3) is 5.91 Å². The number of amides is 1. The SMILES string of the molecule is C/C=C/CCNC(=O)c1csc(-c2cccs2)n1. The van der Waals surface area contributed by atoms with Crippen LogP contribution in [0.5, 0.6) is 0 Å². The highest BCUT2D eigenvalue weighted by Crippen LogP contribution is 2.27. The van der Waals surface area contributed by atoms with E-state index >= 15 is 0 Å². The molecule has 0 aliphatic carbocycles. The molecule has 0 atom stereocenters. The fraction of sp³-hybridized carbons (Fsp3) is 0.231. The molecule has 1 amide bonds. The van der Waals surface area contributed by atoms with E-state index in [0.29, 0.717) is 12.2 Å². The molecule has 0 aliphatic rings. The van der Waals surface area contributed by atoms with Crippen molar-refractivity contribution in [3.05, 3.63) is 40.7 Å². The quantitative estimate of drug-likeness (QED) is 0.671. The van der Waals surface area contributed by atoms with Crippen LogP contribution in [0, 0.1) is 0 Å². The summed E-state index contributed by atoms with van der Waals surface area (Å²) in [6.45, 7) is 2.62. The van der Waals surface area contributed by atoms with E-state index in [1.54, 1.807) is 16.7 Å². The maximum atomic E-state index is 11.8. The Morgan fingerprint density at radius 1 is 1.50 bits per heavy atom. The number of aromatic nitrogens is 1. The Kier molecular flexibility index (Phi) is 4.66. The molecule has 3 nitrogen and oxygen atoms in total. The topological polar surface area (TPSA) is 42.0 Å². The summed E-state index contributed by atoms with van der Waals surface area (Å²) in [7, 11) is 0. The third-order valence-corrected chi connectivity index (χ3v) is 4.18. The van der Waals surface area contributed by atoms with Crippen molar-refractivity contribution in [3.63, 3.8) is 0 Å². The van der Waals surface area contributed by atoms with Crippen molar-refractivity contribution in [2.75, 3.05) is 6.54 Å². The number of nitrogens with one attached hydrogen (secondary N) is 1. The van der Waals surface area contributed by atoms with Crippen molar-refractivity contribution in [2.45, 2.75) is 13.3 Å². The standard InChI is InChI=1S/C13H14N2OS2/c1-2-3-4-7-14-12(16)10-9-18-13(15-10)11-6-5-8-17-11/h2-3,5-6,8-9H,4,7H2,1H3,(H,14,16)/b3-2+.